The van der Waals surface area contributed by atoms with Gasteiger partial charge in [0, 0.05) is 17.0 Å². The van der Waals surface area contributed by atoms with Gasteiger partial charge in [-0.05, 0) is 55.5 Å². The van der Waals surface area contributed by atoms with Crippen LogP contribution in [-0.2, 0) is 22.9 Å². The highest BCUT2D eigenvalue weighted by Crippen LogP contribution is 2.26. The quantitative estimate of drug-likeness (QED) is 0.351. The van der Waals surface area contributed by atoms with Crippen LogP contribution in [0.3, 0.4) is 0 Å². The summed E-state index contributed by atoms with van der Waals surface area (Å²) in [5.41, 5.74) is 0.670. The molecule has 1 amide bonds. The van der Waals surface area contributed by atoms with Crippen molar-refractivity contribution in [2.24, 2.45) is 0 Å². The lowest BCUT2D eigenvalue weighted by molar-refractivity contribution is 0.102. The number of sulfone groups is 1. The number of aromatic nitrogens is 2. The topological polar surface area (TPSA) is 119 Å². The summed E-state index contributed by atoms with van der Waals surface area (Å²) >= 11 is 5.92. The molecule has 34 heavy (non-hydrogen) atoms. The van der Waals surface area contributed by atoms with Crippen LogP contribution in [0.15, 0.2) is 75.0 Å². The number of hydrogen-bond acceptors (Lipinski definition) is 8. The summed E-state index contributed by atoms with van der Waals surface area (Å²) in [5.74, 6) is 1.39. The van der Waals surface area contributed by atoms with Gasteiger partial charge in [0.05, 0.1) is 31.2 Å². The zero-order chi connectivity index (χ0) is 24.3. The standard InChI is InChI=1S/C23H21ClN4O5S/c1-15-5-10-19(33-15)14-28(13-18-4-3-11-32-18)20-12-25-23(34(2,30)31)27-21(20)22(29)26-17-8-6-16(24)7-9-17/h3-12H,13-14H2,1-2H3,(H,26,29). The van der Waals surface area contributed by atoms with E-state index >= 15 is 0 Å². The molecule has 9 nitrogen and oxygen atoms in total. The molecule has 4 aromatic rings. The van der Waals surface area contributed by atoms with Gasteiger partial charge in [-0.25, -0.2) is 18.4 Å². The van der Waals surface area contributed by atoms with Crippen LogP contribution in [0.4, 0.5) is 11.4 Å². The monoisotopic (exact) mass is 500 g/mol. The number of halogens is 1. The van der Waals surface area contributed by atoms with E-state index in [9.17, 15) is 13.2 Å². The van der Waals surface area contributed by atoms with Gasteiger partial charge < -0.3 is 19.1 Å². The SMILES string of the molecule is Cc1ccc(CN(Cc2ccco2)c2cnc(S(C)(=O)=O)nc2C(=O)Nc2ccc(Cl)cc2)o1. The molecule has 0 saturated heterocycles. The third kappa shape index (κ3) is 5.64. The van der Waals surface area contributed by atoms with E-state index in [0.29, 0.717) is 27.9 Å². The Kier molecular flexibility index (Phi) is 6.71. The van der Waals surface area contributed by atoms with Crippen LogP contribution < -0.4 is 10.2 Å². The number of furan rings is 2. The minimum absolute atomic E-state index is 0.111. The molecule has 0 unspecified atom stereocenters. The van der Waals surface area contributed by atoms with Crippen molar-refractivity contribution in [1.29, 1.82) is 0 Å². The second-order valence-electron chi connectivity index (χ2n) is 7.57. The molecule has 4 rings (SSSR count). The van der Waals surface area contributed by atoms with Crippen LogP contribution in [0, 0.1) is 6.92 Å². The van der Waals surface area contributed by atoms with Gasteiger partial charge in [0.15, 0.2) is 5.69 Å². The fourth-order valence-electron chi connectivity index (χ4n) is 3.24. The zero-order valence-corrected chi connectivity index (χ0v) is 19.9. The Morgan fingerprint density at radius 3 is 2.44 bits per heavy atom. The van der Waals surface area contributed by atoms with Crippen LogP contribution in [0.5, 0.6) is 0 Å². The number of nitrogens with one attached hydrogen (secondary N) is 1. The van der Waals surface area contributed by atoms with Gasteiger partial charge in [0.25, 0.3) is 5.91 Å². The van der Waals surface area contributed by atoms with E-state index < -0.39 is 20.9 Å². The number of rotatable bonds is 8. The Hall–Kier alpha value is -3.63. The lowest BCUT2D eigenvalue weighted by Crippen LogP contribution is -2.27. The predicted molar refractivity (Wildman–Crippen MR) is 127 cm³/mol. The van der Waals surface area contributed by atoms with Crippen molar-refractivity contribution in [2.45, 2.75) is 25.2 Å². The molecule has 0 fully saturated rings. The highest BCUT2D eigenvalue weighted by atomic mass is 35.5. The molecule has 1 N–H and O–H groups in total. The number of hydrogen-bond donors (Lipinski definition) is 1. The van der Waals surface area contributed by atoms with Crippen molar-refractivity contribution in [3.8, 4) is 0 Å². The summed E-state index contributed by atoms with van der Waals surface area (Å²) in [4.78, 5) is 23.2. The van der Waals surface area contributed by atoms with Crippen LogP contribution >= 0.6 is 11.6 Å². The smallest absolute Gasteiger partial charge is 0.276 e. The molecule has 176 valence electrons. The van der Waals surface area contributed by atoms with E-state index in [4.69, 9.17) is 20.4 Å². The van der Waals surface area contributed by atoms with Crippen LogP contribution in [0.25, 0.3) is 0 Å². The fourth-order valence-corrected chi connectivity index (χ4v) is 3.86. The van der Waals surface area contributed by atoms with Gasteiger partial charge in [-0.15, -0.1) is 0 Å². The molecular formula is C23H21ClN4O5S. The van der Waals surface area contributed by atoms with Crippen molar-refractivity contribution >= 4 is 38.7 Å². The van der Waals surface area contributed by atoms with Crippen LogP contribution in [-0.4, -0.2) is 30.5 Å². The summed E-state index contributed by atoms with van der Waals surface area (Å²) in [6, 6.07) is 13.7. The number of anilines is 2. The minimum atomic E-state index is -3.76. The number of carbonyl (C=O) groups excluding carboxylic acids is 1. The number of aryl methyl sites for hydroxylation is 1. The van der Waals surface area contributed by atoms with Crippen molar-refractivity contribution < 1.29 is 22.0 Å². The largest absolute Gasteiger partial charge is 0.467 e. The van der Waals surface area contributed by atoms with Gasteiger partial charge in [0.1, 0.15) is 17.3 Å². The van der Waals surface area contributed by atoms with Crippen molar-refractivity contribution in [2.75, 3.05) is 16.5 Å². The molecule has 0 aliphatic carbocycles. The maximum atomic E-state index is 13.3. The first-order valence-electron chi connectivity index (χ1n) is 10.2. The first-order chi connectivity index (χ1) is 16.2. The molecule has 0 aliphatic heterocycles. The normalized spacial score (nSPS) is 11.4. The average molecular weight is 501 g/mol. The molecule has 0 bridgehead atoms. The lowest BCUT2D eigenvalue weighted by Gasteiger charge is -2.24. The van der Waals surface area contributed by atoms with Crippen LogP contribution in [0.1, 0.15) is 27.8 Å². The first-order valence-corrected chi connectivity index (χ1v) is 12.4. The Balaban J connectivity index is 1.77. The third-order valence-electron chi connectivity index (χ3n) is 4.81. The van der Waals surface area contributed by atoms with Crippen molar-refractivity contribution in [3.05, 3.63) is 89.0 Å². The summed E-state index contributed by atoms with van der Waals surface area (Å²) in [7, 11) is -3.76. The maximum Gasteiger partial charge on any atom is 0.276 e. The van der Waals surface area contributed by atoms with E-state index in [0.717, 1.165) is 12.0 Å². The molecule has 3 aromatic heterocycles. The molecule has 0 aliphatic rings. The Morgan fingerprint density at radius 1 is 1.09 bits per heavy atom. The predicted octanol–water partition coefficient (Wildman–Crippen LogP) is 4.49. The Morgan fingerprint density at radius 2 is 1.82 bits per heavy atom. The van der Waals surface area contributed by atoms with E-state index in [1.807, 2.05) is 19.1 Å². The maximum absolute atomic E-state index is 13.3. The van der Waals surface area contributed by atoms with E-state index in [-0.39, 0.29) is 18.8 Å². The van der Waals surface area contributed by atoms with E-state index in [1.54, 1.807) is 47.6 Å². The van der Waals surface area contributed by atoms with E-state index in [1.165, 1.54) is 6.20 Å². The second-order valence-corrected chi connectivity index (χ2v) is 9.91. The van der Waals surface area contributed by atoms with Gasteiger partial charge in [0.2, 0.25) is 15.0 Å². The number of nitrogens with zero attached hydrogens (tertiary/aromatic N) is 3. The van der Waals surface area contributed by atoms with Gasteiger partial charge in [-0.2, -0.15) is 0 Å². The van der Waals surface area contributed by atoms with Crippen molar-refractivity contribution in [3.63, 3.8) is 0 Å². The second kappa shape index (κ2) is 9.70. The fraction of sp³-hybridized carbons (Fsp3) is 0.174. The van der Waals surface area contributed by atoms with Crippen LogP contribution in [0.2, 0.25) is 5.02 Å². The molecule has 11 heteroatoms. The van der Waals surface area contributed by atoms with Crippen molar-refractivity contribution in [1.82, 2.24) is 9.97 Å². The molecule has 0 saturated carbocycles. The van der Waals surface area contributed by atoms with Gasteiger partial charge >= 0.3 is 0 Å². The van der Waals surface area contributed by atoms with Gasteiger partial charge in [-0.3, -0.25) is 4.79 Å². The number of benzene rings is 1. The highest BCUT2D eigenvalue weighted by Gasteiger charge is 2.25. The molecular weight excluding hydrogens is 480 g/mol. The first kappa shape index (κ1) is 23.5. The lowest BCUT2D eigenvalue weighted by atomic mass is 10.2. The molecule has 0 spiro atoms. The summed E-state index contributed by atoms with van der Waals surface area (Å²) < 4.78 is 35.4. The zero-order valence-electron chi connectivity index (χ0n) is 18.4. The minimum Gasteiger partial charge on any atom is -0.467 e. The summed E-state index contributed by atoms with van der Waals surface area (Å²) in [5, 5.41) is 2.79. The molecule has 0 atom stereocenters. The Labute approximate surface area is 201 Å². The Bertz CT molecular complexity index is 1400. The summed E-state index contributed by atoms with van der Waals surface area (Å²) in [6.07, 6.45) is 3.84. The molecule has 3 heterocycles. The summed E-state index contributed by atoms with van der Waals surface area (Å²) in [6.45, 7) is 2.35. The molecule has 1 aromatic carbocycles. The number of amides is 1. The average Bonchev–Trinajstić information content (AvgIpc) is 3.45. The van der Waals surface area contributed by atoms with E-state index in [2.05, 4.69) is 15.3 Å². The molecule has 0 radical (unpaired) electrons. The highest BCUT2D eigenvalue weighted by molar-refractivity contribution is 7.90. The third-order valence-corrected chi connectivity index (χ3v) is 5.92. The number of carbonyl (C=O) groups is 1. The van der Waals surface area contributed by atoms with Gasteiger partial charge in [-0.1, -0.05) is 11.6 Å².